The Hall–Kier alpha value is -7.40. The number of aliphatic hydroxyl groups is 2. The van der Waals surface area contributed by atoms with Gasteiger partial charge < -0.3 is 67.4 Å². The Labute approximate surface area is 435 Å². The number of cyclic esters (lactones) is 1. The van der Waals surface area contributed by atoms with Crippen LogP contribution in [0.25, 0.3) is 10.9 Å². The van der Waals surface area contributed by atoms with E-state index >= 15 is 4.79 Å². The molecule has 5 rings (SSSR count). The van der Waals surface area contributed by atoms with Gasteiger partial charge in [0.25, 0.3) is 0 Å². The molecule has 2 saturated heterocycles. The number of aromatic amines is 1. The van der Waals surface area contributed by atoms with E-state index in [2.05, 4.69) is 36.9 Å². The van der Waals surface area contributed by atoms with Crippen LogP contribution in [0.2, 0.25) is 0 Å². The molecule has 3 heterocycles. The number of hydrogen-bond acceptors (Lipinski definition) is 13. The number of nitrogens with two attached hydrogens (primary N) is 1. The minimum absolute atomic E-state index is 0.116. The second kappa shape index (κ2) is 27.2. The van der Waals surface area contributed by atoms with Crippen LogP contribution in [0, 0.1) is 5.92 Å². The molecule has 0 aliphatic carbocycles. The number of hydrogen-bond donors (Lipinski definition) is 10. The SMILES string of the molecule is CCCCCC(=O)NCC(=O)NC(C(=O)NC1C(=O)NC(CCC(N)=O)C(=O)NC2CCC(O)N(C2=O)C(Cc2ccccc2)C(=O)N(C)C(Cc2c[nH]c3ccccc23)C(=O)NC(C(C)C)C(=O)OC1C)C(C)O. The molecule has 2 aliphatic heterocycles. The molecule has 2 bridgehead atoms. The summed E-state index contributed by atoms with van der Waals surface area (Å²) >= 11 is 0. The number of primary amides is 1. The Kier molecular flexibility index (Phi) is 21.2. The van der Waals surface area contributed by atoms with Crippen molar-refractivity contribution in [2.45, 2.75) is 160 Å². The number of carbonyl (C=O) groups is 10. The van der Waals surface area contributed by atoms with Crippen molar-refractivity contribution in [3.05, 3.63) is 71.9 Å². The maximum atomic E-state index is 15.2. The Balaban J connectivity index is 1.58. The van der Waals surface area contributed by atoms with Crippen molar-refractivity contribution in [1.82, 2.24) is 46.7 Å². The number of unbranched alkanes of at least 4 members (excludes halogenated alkanes) is 2. The molecule has 10 atom stereocenters. The summed E-state index contributed by atoms with van der Waals surface area (Å²) in [6, 6.07) is 4.85. The topological polar surface area (TPSA) is 341 Å². The molecule has 0 spiro atoms. The summed E-state index contributed by atoms with van der Waals surface area (Å²) in [6.07, 6.45) is -2.15. The molecule has 1 aromatic heterocycles. The molecule has 23 heteroatoms. The molecular weight excluding hydrogens is 973 g/mol. The number of ether oxygens (including phenoxy) is 1. The number of amides is 9. The predicted molar refractivity (Wildman–Crippen MR) is 272 cm³/mol. The molecular formula is C52H72N10O13. The molecule has 2 aromatic carbocycles. The van der Waals surface area contributed by atoms with Gasteiger partial charge in [-0.05, 0) is 62.6 Å². The fraction of sp³-hybridized carbons (Fsp3) is 0.538. The Morgan fingerprint density at radius 2 is 1.52 bits per heavy atom. The standard InChI is InChI=1S/C52H72N10O13/c1-7-8-10-19-40(65)55-27-41(66)58-44(29(4)63)48(70)60-45-30(5)75-52(74)43(28(2)3)59-47(69)37(25-32-26-54-34-18-14-13-17-33(32)34)61(6)51(73)38(24-31-15-11-9-12-16-31)62-42(67)23-21-36(50(62)72)57-46(68)35(56-49(45)71)20-22-39(53)64/h9,11-18,26,28-30,35-38,42-45,54,63,67H,7-8,10,19-25,27H2,1-6H3,(H2,53,64)(H,55,65)(H,56,71)(H,57,68)(H,58,66)(H,59,69)(H,60,70). The first-order valence-corrected chi connectivity index (χ1v) is 25.4. The molecule has 2 aliphatic rings. The highest BCUT2D eigenvalue weighted by Gasteiger charge is 2.46. The monoisotopic (exact) mass is 1040 g/mol. The lowest BCUT2D eigenvalue weighted by Crippen LogP contribution is -2.65. The van der Waals surface area contributed by atoms with Crippen LogP contribution in [0.5, 0.6) is 0 Å². The maximum Gasteiger partial charge on any atom is 0.329 e. The molecule has 408 valence electrons. The zero-order chi connectivity index (χ0) is 55.1. The van der Waals surface area contributed by atoms with Gasteiger partial charge in [-0.25, -0.2) is 4.79 Å². The van der Waals surface area contributed by atoms with E-state index in [1.807, 2.05) is 25.1 Å². The van der Waals surface area contributed by atoms with E-state index in [1.54, 1.807) is 56.4 Å². The second-order valence-electron chi connectivity index (χ2n) is 19.5. The first-order valence-electron chi connectivity index (χ1n) is 25.4. The van der Waals surface area contributed by atoms with Gasteiger partial charge in [0.2, 0.25) is 53.2 Å². The normalized spacial score (nSPS) is 24.1. The summed E-state index contributed by atoms with van der Waals surface area (Å²) in [5.74, 6) is -9.76. The molecule has 0 saturated carbocycles. The number of esters is 1. The van der Waals surface area contributed by atoms with Gasteiger partial charge in [-0.2, -0.15) is 0 Å². The van der Waals surface area contributed by atoms with Crippen LogP contribution in [0.3, 0.4) is 0 Å². The number of H-pyrrole nitrogens is 1. The minimum Gasteiger partial charge on any atom is -0.458 e. The van der Waals surface area contributed by atoms with E-state index in [4.69, 9.17) is 10.5 Å². The number of fused-ring (bicyclic) bond motifs is 3. The molecule has 0 radical (unpaired) electrons. The van der Waals surface area contributed by atoms with Gasteiger partial charge in [-0.15, -0.1) is 0 Å². The van der Waals surface area contributed by atoms with Crippen molar-refractivity contribution < 1.29 is 62.9 Å². The third-order valence-corrected chi connectivity index (χ3v) is 13.4. The molecule has 10 unspecified atom stereocenters. The number of benzene rings is 2. The smallest absolute Gasteiger partial charge is 0.329 e. The fourth-order valence-electron chi connectivity index (χ4n) is 9.08. The molecule has 11 N–H and O–H groups in total. The van der Waals surface area contributed by atoms with Gasteiger partial charge in [0.15, 0.2) is 0 Å². The molecule has 23 nitrogen and oxygen atoms in total. The van der Waals surface area contributed by atoms with Crippen molar-refractivity contribution in [3.8, 4) is 0 Å². The number of carbonyl (C=O) groups excluding carboxylic acids is 10. The Bertz CT molecular complexity index is 2540. The molecule has 2 fully saturated rings. The lowest BCUT2D eigenvalue weighted by Gasteiger charge is -2.43. The van der Waals surface area contributed by atoms with Gasteiger partial charge >= 0.3 is 5.97 Å². The largest absolute Gasteiger partial charge is 0.458 e. The van der Waals surface area contributed by atoms with Gasteiger partial charge in [0.1, 0.15) is 54.6 Å². The van der Waals surface area contributed by atoms with Crippen molar-refractivity contribution >= 4 is 70.0 Å². The van der Waals surface area contributed by atoms with Crippen LogP contribution >= 0.6 is 0 Å². The van der Waals surface area contributed by atoms with Gasteiger partial charge in [0, 0.05) is 49.8 Å². The second-order valence-corrected chi connectivity index (χ2v) is 19.5. The first kappa shape index (κ1) is 58.5. The summed E-state index contributed by atoms with van der Waals surface area (Å²) in [5.41, 5.74) is 7.41. The fourth-order valence-corrected chi connectivity index (χ4v) is 9.08. The summed E-state index contributed by atoms with van der Waals surface area (Å²) in [5, 5.41) is 38.1. The van der Waals surface area contributed by atoms with E-state index in [-0.39, 0.29) is 32.1 Å². The summed E-state index contributed by atoms with van der Waals surface area (Å²) < 4.78 is 5.86. The number of piperidine rings is 1. The first-order chi connectivity index (χ1) is 35.6. The third kappa shape index (κ3) is 15.8. The van der Waals surface area contributed by atoms with E-state index in [9.17, 15) is 53.4 Å². The van der Waals surface area contributed by atoms with Crippen molar-refractivity contribution in [1.29, 1.82) is 0 Å². The van der Waals surface area contributed by atoms with Crippen LogP contribution in [-0.4, -0.2) is 158 Å². The molecule has 3 aromatic rings. The summed E-state index contributed by atoms with van der Waals surface area (Å²) in [4.78, 5) is 145. The number of aliphatic hydroxyl groups excluding tert-OH is 2. The van der Waals surface area contributed by atoms with Gasteiger partial charge in [-0.1, -0.05) is 82.1 Å². The molecule has 9 amide bonds. The number of nitrogens with one attached hydrogen (secondary N) is 7. The van der Waals surface area contributed by atoms with Gasteiger partial charge in [0.05, 0.1) is 12.6 Å². The summed E-state index contributed by atoms with van der Waals surface area (Å²) in [7, 11) is 1.37. The maximum absolute atomic E-state index is 15.2. The van der Waals surface area contributed by atoms with Gasteiger partial charge in [-0.3, -0.25) is 43.2 Å². The van der Waals surface area contributed by atoms with E-state index < -0.39 is 145 Å². The minimum atomic E-state index is -1.92. The number of para-hydroxylation sites is 1. The Morgan fingerprint density at radius 3 is 2.19 bits per heavy atom. The zero-order valence-corrected chi connectivity index (χ0v) is 43.3. The lowest BCUT2D eigenvalue weighted by atomic mass is 9.95. The quantitative estimate of drug-likeness (QED) is 0.0566. The van der Waals surface area contributed by atoms with E-state index in [1.165, 1.54) is 20.9 Å². The van der Waals surface area contributed by atoms with Crippen molar-refractivity contribution in [3.63, 3.8) is 0 Å². The predicted octanol–water partition coefficient (Wildman–Crippen LogP) is -0.542. The van der Waals surface area contributed by atoms with Crippen LogP contribution in [-0.2, 0) is 65.5 Å². The van der Waals surface area contributed by atoms with Crippen LogP contribution in [0.1, 0.15) is 97.1 Å². The highest BCUT2D eigenvalue weighted by molar-refractivity contribution is 5.99. The highest BCUT2D eigenvalue weighted by Crippen LogP contribution is 2.27. The number of nitrogens with zero attached hydrogens (tertiary/aromatic N) is 2. The zero-order valence-electron chi connectivity index (χ0n) is 43.3. The third-order valence-electron chi connectivity index (χ3n) is 13.4. The molecule has 75 heavy (non-hydrogen) atoms. The lowest BCUT2D eigenvalue weighted by molar-refractivity contribution is -0.165. The van der Waals surface area contributed by atoms with Crippen LogP contribution < -0.4 is 37.6 Å². The van der Waals surface area contributed by atoms with Crippen LogP contribution in [0.4, 0.5) is 0 Å². The summed E-state index contributed by atoms with van der Waals surface area (Å²) in [6.45, 7) is 7.01. The number of likely N-dealkylation sites (N-methyl/N-ethyl adjacent to an activating group) is 1. The average Bonchev–Trinajstić information content (AvgIpc) is 3.78. The van der Waals surface area contributed by atoms with E-state index in [0.717, 1.165) is 33.5 Å². The van der Waals surface area contributed by atoms with Crippen molar-refractivity contribution in [2.75, 3.05) is 13.6 Å². The number of aromatic nitrogens is 1. The van der Waals surface area contributed by atoms with Crippen molar-refractivity contribution in [2.24, 2.45) is 11.7 Å². The van der Waals surface area contributed by atoms with E-state index in [0.29, 0.717) is 17.5 Å². The van der Waals surface area contributed by atoms with Crippen LogP contribution in [0.15, 0.2) is 60.8 Å². The number of rotatable bonds is 18. The average molecular weight is 1050 g/mol. The Morgan fingerprint density at radius 1 is 0.827 bits per heavy atom. The highest BCUT2D eigenvalue weighted by atomic mass is 16.5.